The Morgan fingerprint density at radius 2 is 2.21 bits per heavy atom. The Morgan fingerprint density at radius 3 is 2.93 bits per heavy atom. The third-order valence-corrected chi connectivity index (χ3v) is 1.96. The molecule has 3 amide bonds. The van der Waals surface area contributed by atoms with Crippen molar-refractivity contribution in [2.75, 3.05) is 0 Å². The number of amides is 3. The zero-order chi connectivity index (χ0) is 10.3. The molecule has 1 aliphatic carbocycles. The number of hydroxylamine groups is 2. The number of aliphatic imine (C=N–C) groups is 1. The van der Waals surface area contributed by atoms with E-state index in [4.69, 9.17) is 5.21 Å². The van der Waals surface area contributed by atoms with Crippen molar-refractivity contribution in [3.63, 3.8) is 0 Å². The van der Waals surface area contributed by atoms with E-state index in [-0.39, 0.29) is 10.8 Å². The van der Waals surface area contributed by atoms with Crippen LogP contribution in [-0.4, -0.2) is 27.9 Å². The first kappa shape index (κ1) is 8.76. The van der Waals surface area contributed by atoms with Crippen molar-refractivity contribution in [1.82, 2.24) is 5.06 Å². The van der Waals surface area contributed by atoms with Crippen LogP contribution in [0.4, 0.5) is 9.18 Å². The van der Waals surface area contributed by atoms with E-state index in [2.05, 4.69) is 4.99 Å². The van der Waals surface area contributed by atoms with Gasteiger partial charge in [0.15, 0.2) is 0 Å². The molecule has 1 unspecified atom stereocenters. The normalized spacial score (nSPS) is 25.9. The summed E-state index contributed by atoms with van der Waals surface area (Å²) in [5.74, 6) is -2.62. The zero-order valence-electron chi connectivity index (χ0n) is 6.85. The first-order valence-electron chi connectivity index (χ1n) is 3.81. The van der Waals surface area contributed by atoms with Crippen LogP contribution < -0.4 is 0 Å². The van der Waals surface area contributed by atoms with Crippen molar-refractivity contribution >= 4 is 17.6 Å². The summed E-state index contributed by atoms with van der Waals surface area (Å²) in [6.45, 7) is 0. The number of hydrogen-bond acceptors (Lipinski definition) is 3. The summed E-state index contributed by atoms with van der Waals surface area (Å²) in [5.41, 5.74) is -0.243. The van der Waals surface area contributed by atoms with Gasteiger partial charge in [-0.15, -0.1) is 5.06 Å². The second-order valence-electron chi connectivity index (χ2n) is 2.81. The van der Waals surface area contributed by atoms with E-state index in [0.29, 0.717) is 0 Å². The molecule has 5 nitrogen and oxygen atoms in total. The molecule has 0 aromatic heterocycles. The number of halogens is 1. The van der Waals surface area contributed by atoms with Gasteiger partial charge in [0.05, 0.1) is 5.71 Å². The lowest BCUT2D eigenvalue weighted by atomic mass is 9.95. The minimum absolute atomic E-state index is 0.114. The topological polar surface area (TPSA) is 70.0 Å². The smallest absolute Gasteiger partial charge is 0.277 e. The molecule has 1 heterocycles. The van der Waals surface area contributed by atoms with Crippen LogP contribution in [0.25, 0.3) is 0 Å². The number of imide groups is 1. The lowest BCUT2D eigenvalue weighted by Gasteiger charge is -2.23. The summed E-state index contributed by atoms with van der Waals surface area (Å²) in [4.78, 5) is 25.4. The Balaban J connectivity index is 2.51. The van der Waals surface area contributed by atoms with Crippen molar-refractivity contribution < 1.29 is 19.2 Å². The van der Waals surface area contributed by atoms with E-state index >= 15 is 0 Å². The number of carbonyl (C=O) groups excluding carboxylic acids is 2. The van der Waals surface area contributed by atoms with Crippen molar-refractivity contribution in [2.45, 2.75) is 0 Å². The van der Waals surface area contributed by atoms with Gasteiger partial charge in [-0.25, -0.2) is 9.18 Å². The van der Waals surface area contributed by atoms with Crippen molar-refractivity contribution in [1.29, 1.82) is 0 Å². The van der Waals surface area contributed by atoms with Crippen LogP contribution in [0.15, 0.2) is 29.0 Å². The fraction of sp³-hybridized carbons (Fsp3) is 0.125. The maximum atomic E-state index is 13.1. The predicted octanol–water partition coefficient (Wildman–Crippen LogP) is 0.818. The number of hydrogen-bond donors (Lipinski definition) is 1. The second kappa shape index (κ2) is 2.85. The molecule has 14 heavy (non-hydrogen) atoms. The molecule has 0 radical (unpaired) electrons. The maximum Gasteiger partial charge on any atom is 0.375 e. The van der Waals surface area contributed by atoms with E-state index < -0.39 is 23.7 Å². The molecule has 1 N–H and O–H groups in total. The second-order valence-corrected chi connectivity index (χ2v) is 2.81. The number of allylic oxidation sites excluding steroid dienone is 3. The molecule has 6 heteroatoms. The highest BCUT2D eigenvalue weighted by Gasteiger charge is 2.38. The average molecular weight is 196 g/mol. The Kier molecular flexibility index (Phi) is 1.78. The average Bonchev–Trinajstić information content (AvgIpc) is 2.17. The molecule has 0 saturated heterocycles. The molecule has 1 aliphatic heterocycles. The van der Waals surface area contributed by atoms with Crippen LogP contribution in [-0.2, 0) is 4.79 Å². The Hall–Kier alpha value is -1.82. The Labute approximate surface area is 77.8 Å². The molecule has 0 aromatic carbocycles. The first-order chi connectivity index (χ1) is 6.61. The number of carbonyl (C=O) groups is 2. The van der Waals surface area contributed by atoms with Crippen molar-refractivity contribution in [3.05, 3.63) is 24.1 Å². The number of fused-ring (bicyclic) bond motifs is 1. The van der Waals surface area contributed by atoms with Gasteiger partial charge < -0.3 is 0 Å². The molecular formula is C8H5FN2O3. The summed E-state index contributed by atoms with van der Waals surface area (Å²) in [6.07, 6.45) is 3.80. The summed E-state index contributed by atoms with van der Waals surface area (Å²) < 4.78 is 13.1. The number of urea groups is 1. The molecule has 1 atom stereocenters. The molecule has 0 saturated carbocycles. The molecule has 0 spiro atoms. The minimum atomic E-state index is -1.17. The summed E-state index contributed by atoms with van der Waals surface area (Å²) >= 11 is 0. The third-order valence-electron chi connectivity index (χ3n) is 1.96. The SMILES string of the molecule is O=C1N=C2C(F)=CC=CC2C(=O)N1O. The summed E-state index contributed by atoms with van der Waals surface area (Å²) in [5, 5.41) is 8.81. The molecule has 2 aliphatic rings. The van der Waals surface area contributed by atoms with Gasteiger partial charge in [-0.2, -0.15) is 4.99 Å². The van der Waals surface area contributed by atoms with Crippen LogP contribution in [0.2, 0.25) is 0 Å². The van der Waals surface area contributed by atoms with Gasteiger partial charge in [0.1, 0.15) is 11.7 Å². The van der Waals surface area contributed by atoms with Gasteiger partial charge in [0, 0.05) is 0 Å². The van der Waals surface area contributed by atoms with E-state index in [1.807, 2.05) is 0 Å². The van der Waals surface area contributed by atoms with Gasteiger partial charge in [-0.05, 0) is 6.08 Å². The highest BCUT2D eigenvalue weighted by Crippen LogP contribution is 2.23. The van der Waals surface area contributed by atoms with Gasteiger partial charge in [0.2, 0.25) is 0 Å². The van der Waals surface area contributed by atoms with Gasteiger partial charge in [-0.3, -0.25) is 10.0 Å². The number of rotatable bonds is 0. The predicted molar refractivity (Wildman–Crippen MR) is 43.3 cm³/mol. The lowest BCUT2D eigenvalue weighted by molar-refractivity contribution is -0.154. The van der Waals surface area contributed by atoms with Gasteiger partial charge in [0.25, 0.3) is 5.91 Å². The van der Waals surface area contributed by atoms with E-state index in [9.17, 15) is 14.0 Å². The maximum absolute atomic E-state index is 13.1. The molecule has 0 bridgehead atoms. The fourth-order valence-corrected chi connectivity index (χ4v) is 1.27. The van der Waals surface area contributed by atoms with Crippen LogP contribution in [0, 0.1) is 5.92 Å². The third kappa shape index (κ3) is 1.08. The Morgan fingerprint density at radius 1 is 1.50 bits per heavy atom. The van der Waals surface area contributed by atoms with Crippen LogP contribution in [0.5, 0.6) is 0 Å². The first-order valence-corrected chi connectivity index (χ1v) is 3.81. The summed E-state index contributed by atoms with van der Waals surface area (Å²) in [6, 6.07) is -1.17. The monoisotopic (exact) mass is 196 g/mol. The van der Waals surface area contributed by atoms with Crippen LogP contribution in [0.3, 0.4) is 0 Å². The fourth-order valence-electron chi connectivity index (χ4n) is 1.27. The van der Waals surface area contributed by atoms with Crippen LogP contribution in [0.1, 0.15) is 0 Å². The number of nitrogens with zero attached hydrogens (tertiary/aromatic N) is 2. The van der Waals surface area contributed by atoms with E-state index in [1.54, 1.807) is 0 Å². The molecule has 72 valence electrons. The quantitative estimate of drug-likeness (QED) is 0.583. The van der Waals surface area contributed by atoms with Crippen molar-refractivity contribution in [2.24, 2.45) is 10.9 Å². The van der Waals surface area contributed by atoms with E-state index in [1.165, 1.54) is 12.2 Å². The molecule has 2 rings (SSSR count). The zero-order valence-corrected chi connectivity index (χ0v) is 6.85. The standard InChI is InChI=1S/C8H5FN2O3/c9-5-3-1-2-4-6(5)10-8(13)11(14)7(4)12/h1-4,14H. The van der Waals surface area contributed by atoms with Crippen molar-refractivity contribution in [3.8, 4) is 0 Å². The minimum Gasteiger partial charge on any atom is -0.277 e. The highest BCUT2D eigenvalue weighted by atomic mass is 19.1. The van der Waals surface area contributed by atoms with Gasteiger partial charge in [-0.1, -0.05) is 12.2 Å². The molecule has 0 fully saturated rings. The van der Waals surface area contributed by atoms with Crippen LogP contribution >= 0.6 is 0 Å². The summed E-state index contributed by atoms with van der Waals surface area (Å²) in [7, 11) is 0. The lowest BCUT2D eigenvalue weighted by Crippen LogP contribution is -2.44. The molecule has 0 aromatic rings. The Bertz CT molecular complexity index is 411. The van der Waals surface area contributed by atoms with Gasteiger partial charge >= 0.3 is 6.03 Å². The van der Waals surface area contributed by atoms with E-state index in [0.717, 1.165) is 6.08 Å². The molecular weight excluding hydrogens is 191 g/mol. The largest absolute Gasteiger partial charge is 0.375 e. The highest BCUT2D eigenvalue weighted by molar-refractivity contribution is 6.22.